The summed E-state index contributed by atoms with van der Waals surface area (Å²) in [4.78, 5) is 13.0. The molecule has 3 aromatic rings. The van der Waals surface area contributed by atoms with Crippen molar-refractivity contribution in [3.63, 3.8) is 0 Å². The fraction of sp³-hybridized carbons (Fsp3) is 0.258. The minimum absolute atomic E-state index is 0. The van der Waals surface area contributed by atoms with Crippen LogP contribution >= 0.6 is 0 Å². The number of aryl methyl sites for hydroxylation is 1. The summed E-state index contributed by atoms with van der Waals surface area (Å²) in [5.74, 6) is 6.26. The van der Waals surface area contributed by atoms with Crippen LogP contribution in [0.4, 0.5) is 4.39 Å². The zero-order valence-corrected chi connectivity index (χ0v) is 21.3. The SMILES string of the molecule is Cc1cc(OC/C=C(\c2ccc(F)cc2)c2ccc(C#CCN3CCOCC3)cc2)ccc1OCC(=O)O.[NaH]. The summed E-state index contributed by atoms with van der Waals surface area (Å²) < 4.78 is 30.2. The Morgan fingerprint density at radius 1 is 1.03 bits per heavy atom. The Hall–Kier alpha value is -3.12. The van der Waals surface area contributed by atoms with Gasteiger partial charge in [0.2, 0.25) is 0 Å². The molecule has 0 spiro atoms. The normalized spacial score (nSPS) is 13.5. The van der Waals surface area contributed by atoms with Gasteiger partial charge < -0.3 is 19.3 Å². The Balaban J connectivity index is 0.00000420. The Bertz CT molecular complexity index is 1320. The molecule has 0 atom stereocenters. The van der Waals surface area contributed by atoms with E-state index in [0.717, 1.165) is 60.7 Å². The van der Waals surface area contributed by atoms with Crippen molar-refractivity contribution in [3.8, 4) is 23.3 Å². The van der Waals surface area contributed by atoms with Gasteiger partial charge in [0, 0.05) is 18.7 Å². The second-order valence-electron chi connectivity index (χ2n) is 8.81. The van der Waals surface area contributed by atoms with Crippen LogP contribution in [0.5, 0.6) is 11.5 Å². The summed E-state index contributed by atoms with van der Waals surface area (Å²) >= 11 is 0. The number of carbonyl (C=O) groups is 1. The van der Waals surface area contributed by atoms with Gasteiger partial charge in [-0.2, -0.15) is 0 Å². The summed E-state index contributed by atoms with van der Waals surface area (Å²) in [6, 6.07) is 19.6. The molecule has 4 rings (SSSR count). The first-order chi connectivity index (χ1) is 18.5. The second kappa shape index (κ2) is 15.5. The van der Waals surface area contributed by atoms with Gasteiger partial charge in [-0.15, -0.1) is 0 Å². The summed E-state index contributed by atoms with van der Waals surface area (Å²) in [6.45, 7) is 5.75. The van der Waals surface area contributed by atoms with Crippen LogP contribution in [0.15, 0.2) is 72.8 Å². The van der Waals surface area contributed by atoms with E-state index in [1.165, 1.54) is 12.1 Å². The number of carboxylic acids is 1. The van der Waals surface area contributed by atoms with Gasteiger partial charge in [-0.3, -0.25) is 4.90 Å². The van der Waals surface area contributed by atoms with Gasteiger partial charge in [-0.05, 0) is 77.7 Å². The molecule has 198 valence electrons. The molecule has 0 amide bonds. The van der Waals surface area contributed by atoms with Crippen molar-refractivity contribution in [2.24, 2.45) is 0 Å². The number of aliphatic carboxylic acids is 1. The second-order valence-corrected chi connectivity index (χ2v) is 8.81. The first-order valence-electron chi connectivity index (χ1n) is 12.4. The number of hydrogen-bond acceptors (Lipinski definition) is 5. The molecular formula is C31H31FNNaO5. The topological polar surface area (TPSA) is 68.2 Å². The maximum absolute atomic E-state index is 13.6. The summed E-state index contributed by atoms with van der Waals surface area (Å²) in [5.41, 5.74) is 4.45. The summed E-state index contributed by atoms with van der Waals surface area (Å²) in [5, 5.41) is 8.80. The van der Waals surface area contributed by atoms with Crippen LogP contribution in [0.3, 0.4) is 0 Å². The zero-order valence-electron chi connectivity index (χ0n) is 21.3. The van der Waals surface area contributed by atoms with Crippen LogP contribution in [-0.4, -0.2) is 91.6 Å². The monoisotopic (exact) mass is 539 g/mol. The average Bonchev–Trinajstić information content (AvgIpc) is 2.92. The quantitative estimate of drug-likeness (QED) is 0.326. The molecule has 6 nitrogen and oxygen atoms in total. The van der Waals surface area contributed by atoms with E-state index in [9.17, 15) is 9.18 Å². The zero-order chi connectivity index (χ0) is 26.7. The van der Waals surface area contributed by atoms with Crippen molar-refractivity contribution in [1.82, 2.24) is 4.90 Å². The van der Waals surface area contributed by atoms with E-state index in [4.69, 9.17) is 19.3 Å². The van der Waals surface area contributed by atoms with Crippen LogP contribution in [-0.2, 0) is 9.53 Å². The maximum atomic E-state index is 13.6. The van der Waals surface area contributed by atoms with E-state index in [1.807, 2.05) is 37.3 Å². The fourth-order valence-electron chi connectivity index (χ4n) is 4.01. The van der Waals surface area contributed by atoms with Gasteiger partial charge in [0.1, 0.15) is 23.9 Å². The predicted molar refractivity (Wildman–Crippen MR) is 151 cm³/mol. The van der Waals surface area contributed by atoms with Gasteiger partial charge in [0.25, 0.3) is 0 Å². The molecule has 1 N–H and O–H groups in total. The number of nitrogens with zero attached hydrogens (tertiary/aromatic N) is 1. The minimum atomic E-state index is -1.03. The number of rotatable bonds is 9. The fourth-order valence-corrected chi connectivity index (χ4v) is 4.01. The van der Waals surface area contributed by atoms with E-state index >= 15 is 0 Å². The third-order valence-electron chi connectivity index (χ3n) is 6.03. The number of hydrogen-bond donors (Lipinski definition) is 1. The molecular weight excluding hydrogens is 508 g/mol. The molecule has 1 saturated heterocycles. The molecule has 1 heterocycles. The summed E-state index contributed by atoms with van der Waals surface area (Å²) in [7, 11) is 0. The number of carboxylic acid groups (broad SMARTS) is 1. The van der Waals surface area contributed by atoms with E-state index in [1.54, 1.807) is 30.3 Å². The Morgan fingerprint density at radius 3 is 2.33 bits per heavy atom. The van der Waals surface area contributed by atoms with Crippen molar-refractivity contribution < 1.29 is 28.5 Å². The molecule has 1 aliphatic heterocycles. The van der Waals surface area contributed by atoms with E-state index in [2.05, 4.69) is 16.7 Å². The molecule has 0 unspecified atom stereocenters. The Kier molecular flexibility index (Phi) is 12.1. The standard InChI is InChI=1S/C31H30FNO5.Na.H/c1-23-21-28(12-13-30(23)38-22-31(34)35)37-18-14-29(26-8-10-27(32)11-9-26)25-6-4-24(5-7-25)3-2-15-33-16-19-36-20-17-33;;/h4-14,21H,15-20,22H2,1H3,(H,34,35);;/b29-14-;;. The Morgan fingerprint density at radius 2 is 1.69 bits per heavy atom. The average molecular weight is 540 g/mol. The van der Waals surface area contributed by atoms with Crippen LogP contribution in [0.1, 0.15) is 22.3 Å². The van der Waals surface area contributed by atoms with Crippen molar-refractivity contribution in [2.45, 2.75) is 6.92 Å². The van der Waals surface area contributed by atoms with E-state index < -0.39 is 12.6 Å². The van der Waals surface area contributed by atoms with Crippen molar-refractivity contribution in [2.75, 3.05) is 46.1 Å². The van der Waals surface area contributed by atoms with Gasteiger partial charge in [0.15, 0.2) is 6.61 Å². The molecule has 8 heteroatoms. The first-order valence-corrected chi connectivity index (χ1v) is 12.4. The molecule has 0 saturated carbocycles. The molecule has 0 bridgehead atoms. The van der Waals surface area contributed by atoms with Gasteiger partial charge in [-0.25, -0.2) is 9.18 Å². The molecule has 3 aromatic carbocycles. The third-order valence-corrected chi connectivity index (χ3v) is 6.03. The molecule has 0 radical (unpaired) electrons. The molecule has 0 aliphatic carbocycles. The van der Waals surface area contributed by atoms with Crippen LogP contribution < -0.4 is 9.47 Å². The number of morpholine rings is 1. The van der Waals surface area contributed by atoms with E-state index in [0.29, 0.717) is 11.5 Å². The first kappa shape index (κ1) is 30.4. The van der Waals surface area contributed by atoms with Crippen LogP contribution in [0.2, 0.25) is 0 Å². The third kappa shape index (κ3) is 9.54. The summed E-state index contributed by atoms with van der Waals surface area (Å²) in [6.07, 6.45) is 1.95. The number of ether oxygens (including phenoxy) is 3. The molecule has 0 aromatic heterocycles. The van der Waals surface area contributed by atoms with Gasteiger partial charge in [0.05, 0.1) is 19.8 Å². The molecule has 39 heavy (non-hydrogen) atoms. The van der Waals surface area contributed by atoms with E-state index in [-0.39, 0.29) is 42.0 Å². The number of benzene rings is 3. The molecule has 1 aliphatic rings. The van der Waals surface area contributed by atoms with Gasteiger partial charge >= 0.3 is 35.5 Å². The van der Waals surface area contributed by atoms with Crippen molar-refractivity contribution in [3.05, 3.63) is 101 Å². The predicted octanol–water partition coefficient (Wildman–Crippen LogP) is 4.14. The van der Waals surface area contributed by atoms with Crippen molar-refractivity contribution >= 4 is 41.1 Å². The van der Waals surface area contributed by atoms with Crippen molar-refractivity contribution in [1.29, 1.82) is 0 Å². The van der Waals surface area contributed by atoms with Gasteiger partial charge in [-0.1, -0.05) is 36.1 Å². The molecule has 1 fully saturated rings. The van der Waals surface area contributed by atoms with Crippen LogP contribution in [0.25, 0.3) is 5.57 Å². The Labute approximate surface area is 250 Å². The van der Waals surface area contributed by atoms with Crippen LogP contribution in [0, 0.1) is 24.6 Å². The number of halogens is 1.